The number of anilines is 2. The van der Waals surface area contributed by atoms with Crippen LogP contribution in [-0.2, 0) is 14.4 Å². The maximum atomic E-state index is 11.9. The van der Waals surface area contributed by atoms with Crippen LogP contribution in [0.4, 0.5) is 11.4 Å². The van der Waals surface area contributed by atoms with Crippen LogP contribution in [0.5, 0.6) is 0 Å². The molecule has 1 aromatic carbocycles. The van der Waals surface area contributed by atoms with E-state index in [0.717, 1.165) is 6.54 Å². The van der Waals surface area contributed by atoms with E-state index in [9.17, 15) is 14.4 Å². The average molecular weight is 320 g/mol. The molecule has 0 saturated carbocycles. The number of rotatable bonds is 7. The van der Waals surface area contributed by atoms with E-state index in [-0.39, 0.29) is 24.3 Å². The van der Waals surface area contributed by atoms with Gasteiger partial charge in [-0.15, -0.1) is 0 Å². The highest BCUT2D eigenvalue weighted by Gasteiger charge is 2.15. The predicted molar refractivity (Wildman–Crippen MR) is 90.3 cm³/mol. The van der Waals surface area contributed by atoms with Crippen LogP contribution in [0.15, 0.2) is 24.3 Å². The monoisotopic (exact) mass is 320 g/mol. The zero-order valence-electron chi connectivity index (χ0n) is 14.0. The molecule has 0 spiro atoms. The molecule has 0 aromatic heterocycles. The van der Waals surface area contributed by atoms with E-state index < -0.39 is 0 Å². The van der Waals surface area contributed by atoms with E-state index in [1.54, 1.807) is 24.3 Å². The van der Waals surface area contributed by atoms with Gasteiger partial charge in [-0.1, -0.05) is 0 Å². The summed E-state index contributed by atoms with van der Waals surface area (Å²) < 4.78 is 0. The topological polar surface area (TPSA) is 81.8 Å². The normalized spacial score (nSPS) is 10.3. The summed E-state index contributed by atoms with van der Waals surface area (Å²) in [6, 6.07) is 6.77. The summed E-state index contributed by atoms with van der Waals surface area (Å²) in [5.41, 5.74) is 1.24. The fourth-order valence-electron chi connectivity index (χ4n) is 1.93. The maximum absolute atomic E-state index is 11.9. The highest BCUT2D eigenvalue weighted by Crippen LogP contribution is 2.18. The van der Waals surface area contributed by atoms with Gasteiger partial charge in [0.15, 0.2) is 0 Å². The first-order chi connectivity index (χ1) is 10.8. The molecule has 0 radical (unpaired) electrons. The molecule has 0 saturated heterocycles. The van der Waals surface area contributed by atoms with Crippen molar-refractivity contribution in [3.8, 4) is 0 Å². The van der Waals surface area contributed by atoms with Crippen LogP contribution < -0.4 is 15.5 Å². The van der Waals surface area contributed by atoms with Crippen LogP contribution in [0.25, 0.3) is 0 Å². The Bertz CT molecular complexity index is 555. The van der Waals surface area contributed by atoms with Crippen molar-refractivity contribution in [3.05, 3.63) is 24.3 Å². The number of carbonyl (C=O) groups is 3. The lowest BCUT2D eigenvalue weighted by Gasteiger charge is -2.21. The Morgan fingerprint density at radius 1 is 1.04 bits per heavy atom. The summed E-state index contributed by atoms with van der Waals surface area (Å²) in [5, 5.41) is 5.43. The second-order valence-electron chi connectivity index (χ2n) is 5.49. The van der Waals surface area contributed by atoms with Crippen molar-refractivity contribution < 1.29 is 14.4 Å². The molecule has 23 heavy (non-hydrogen) atoms. The minimum atomic E-state index is -0.222. The standard InChI is InChI=1S/C16H24N4O3/c1-12(21)18-14-5-7-15(8-6-14)20(13(2)22)11-16(23)17-9-10-19(3)4/h5-8H,9-11H2,1-4H3,(H,17,23)(H,18,21). The summed E-state index contributed by atoms with van der Waals surface area (Å²) in [6.07, 6.45) is 0. The van der Waals surface area contributed by atoms with Crippen LogP contribution in [0, 0.1) is 0 Å². The third-order valence-corrected chi connectivity index (χ3v) is 3.06. The molecule has 7 heteroatoms. The zero-order valence-corrected chi connectivity index (χ0v) is 14.0. The Kier molecular flexibility index (Phi) is 7.21. The molecule has 3 amide bonds. The predicted octanol–water partition coefficient (Wildman–Crippen LogP) is 0.676. The van der Waals surface area contributed by atoms with Crippen molar-refractivity contribution in [3.63, 3.8) is 0 Å². The molecule has 2 N–H and O–H groups in total. The Labute approximate surface area is 136 Å². The summed E-state index contributed by atoms with van der Waals surface area (Å²) in [5.74, 6) is -0.602. The number of benzene rings is 1. The number of carbonyl (C=O) groups excluding carboxylic acids is 3. The van der Waals surface area contributed by atoms with Crippen LogP contribution in [0.2, 0.25) is 0 Å². The molecule has 0 aliphatic heterocycles. The molecular weight excluding hydrogens is 296 g/mol. The van der Waals surface area contributed by atoms with Crippen LogP contribution in [-0.4, -0.2) is 56.4 Å². The molecule has 0 bridgehead atoms. The Morgan fingerprint density at radius 2 is 1.65 bits per heavy atom. The lowest BCUT2D eigenvalue weighted by Crippen LogP contribution is -2.41. The van der Waals surface area contributed by atoms with Gasteiger partial charge in [0.05, 0.1) is 0 Å². The zero-order chi connectivity index (χ0) is 17.4. The maximum Gasteiger partial charge on any atom is 0.240 e. The van der Waals surface area contributed by atoms with Gasteiger partial charge in [-0.05, 0) is 38.4 Å². The Balaban J connectivity index is 2.69. The second kappa shape index (κ2) is 8.89. The fourth-order valence-corrected chi connectivity index (χ4v) is 1.93. The Morgan fingerprint density at radius 3 is 2.13 bits per heavy atom. The van der Waals surface area contributed by atoms with E-state index in [4.69, 9.17) is 0 Å². The molecule has 1 aromatic rings. The van der Waals surface area contributed by atoms with Gasteiger partial charge in [0, 0.05) is 38.3 Å². The smallest absolute Gasteiger partial charge is 0.240 e. The fraction of sp³-hybridized carbons (Fsp3) is 0.438. The van der Waals surface area contributed by atoms with Gasteiger partial charge in [-0.2, -0.15) is 0 Å². The number of hydrogen-bond donors (Lipinski definition) is 2. The molecule has 0 aliphatic rings. The highest BCUT2D eigenvalue weighted by molar-refractivity contribution is 5.97. The molecule has 0 heterocycles. The van der Waals surface area contributed by atoms with Crippen LogP contribution >= 0.6 is 0 Å². The quantitative estimate of drug-likeness (QED) is 0.774. The van der Waals surface area contributed by atoms with Gasteiger partial charge >= 0.3 is 0 Å². The van der Waals surface area contributed by atoms with Crippen molar-refractivity contribution in [2.45, 2.75) is 13.8 Å². The lowest BCUT2D eigenvalue weighted by atomic mass is 10.2. The number of nitrogens with one attached hydrogen (secondary N) is 2. The highest BCUT2D eigenvalue weighted by atomic mass is 16.2. The number of nitrogens with zero attached hydrogens (tertiary/aromatic N) is 2. The third-order valence-electron chi connectivity index (χ3n) is 3.06. The minimum Gasteiger partial charge on any atom is -0.353 e. The first-order valence-electron chi connectivity index (χ1n) is 7.36. The molecule has 0 aliphatic carbocycles. The molecule has 7 nitrogen and oxygen atoms in total. The molecule has 0 unspecified atom stereocenters. The SMILES string of the molecule is CC(=O)Nc1ccc(N(CC(=O)NCCN(C)C)C(C)=O)cc1. The molecule has 0 fully saturated rings. The van der Waals surface area contributed by atoms with Gasteiger partial charge in [-0.3, -0.25) is 14.4 Å². The van der Waals surface area contributed by atoms with Crippen molar-refractivity contribution in [2.24, 2.45) is 0 Å². The summed E-state index contributed by atoms with van der Waals surface area (Å²) >= 11 is 0. The molecule has 1 rings (SSSR count). The van der Waals surface area contributed by atoms with Crippen LogP contribution in [0.1, 0.15) is 13.8 Å². The number of likely N-dealkylation sites (N-methyl/N-ethyl adjacent to an activating group) is 1. The van der Waals surface area contributed by atoms with Crippen molar-refractivity contribution in [2.75, 3.05) is 43.9 Å². The second-order valence-corrected chi connectivity index (χ2v) is 5.49. The Hall–Kier alpha value is -2.41. The van der Waals surface area contributed by atoms with Gasteiger partial charge < -0.3 is 20.4 Å². The van der Waals surface area contributed by atoms with E-state index in [2.05, 4.69) is 10.6 Å². The van der Waals surface area contributed by atoms with Gasteiger partial charge in [0.25, 0.3) is 0 Å². The van der Waals surface area contributed by atoms with Gasteiger partial charge in [0.1, 0.15) is 6.54 Å². The van der Waals surface area contributed by atoms with Crippen LogP contribution in [0.3, 0.4) is 0 Å². The molecule has 126 valence electrons. The third kappa shape index (κ3) is 6.92. The summed E-state index contributed by atoms with van der Waals surface area (Å²) in [7, 11) is 3.84. The first-order valence-corrected chi connectivity index (χ1v) is 7.36. The van der Waals surface area contributed by atoms with Gasteiger partial charge in [0.2, 0.25) is 17.7 Å². The molecule has 0 atom stereocenters. The van der Waals surface area contributed by atoms with Crippen molar-refractivity contribution in [1.29, 1.82) is 0 Å². The van der Waals surface area contributed by atoms with Gasteiger partial charge in [-0.25, -0.2) is 0 Å². The van der Waals surface area contributed by atoms with E-state index in [1.807, 2.05) is 19.0 Å². The van der Waals surface area contributed by atoms with E-state index in [0.29, 0.717) is 17.9 Å². The van der Waals surface area contributed by atoms with E-state index >= 15 is 0 Å². The average Bonchev–Trinajstić information content (AvgIpc) is 2.44. The summed E-state index contributed by atoms with van der Waals surface area (Å²) in [6.45, 7) is 4.06. The minimum absolute atomic E-state index is 0.0394. The van der Waals surface area contributed by atoms with Crippen molar-refractivity contribution in [1.82, 2.24) is 10.2 Å². The first kappa shape index (κ1) is 18.6. The lowest BCUT2D eigenvalue weighted by molar-refractivity contribution is -0.123. The van der Waals surface area contributed by atoms with Crippen molar-refractivity contribution >= 4 is 29.1 Å². The largest absolute Gasteiger partial charge is 0.353 e. The number of hydrogen-bond acceptors (Lipinski definition) is 4. The summed E-state index contributed by atoms with van der Waals surface area (Å²) in [4.78, 5) is 38.1. The number of amides is 3. The molecular formula is C16H24N4O3. The van der Waals surface area contributed by atoms with E-state index in [1.165, 1.54) is 18.7 Å².